The number of amides is 1. The van der Waals surface area contributed by atoms with Gasteiger partial charge in [0.25, 0.3) is 5.91 Å². The van der Waals surface area contributed by atoms with Gasteiger partial charge in [0.15, 0.2) is 6.10 Å². The number of aromatic nitrogens is 2. The molecule has 2 rings (SSSR count). The van der Waals surface area contributed by atoms with Crippen molar-refractivity contribution in [1.82, 2.24) is 14.9 Å². The van der Waals surface area contributed by atoms with E-state index in [-0.39, 0.29) is 11.8 Å². The second kappa shape index (κ2) is 7.31. The summed E-state index contributed by atoms with van der Waals surface area (Å²) in [4.78, 5) is 21.2. The summed E-state index contributed by atoms with van der Waals surface area (Å²) in [6.45, 7) is 4.37. The topological polar surface area (TPSA) is 58.2 Å². The first kappa shape index (κ1) is 16.4. The number of rotatable bonds is 6. The van der Waals surface area contributed by atoms with Crippen LogP contribution in [0.3, 0.4) is 0 Å². The average molecular weight is 322 g/mol. The molecule has 0 aliphatic heterocycles. The van der Waals surface area contributed by atoms with Gasteiger partial charge >= 0.3 is 0 Å². The van der Waals surface area contributed by atoms with Crippen LogP contribution in [0.1, 0.15) is 19.5 Å². The Labute approximate surface area is 135 Å². The third-order valence-electron chi connectivity index (χ3n) is 3.25. The Kier molecular flexibility index (Phi) is 5.44. The molecule has 1 amide bonds. The highest BCUT2D eigenvalue weighted by atomic mass is 35.5. The number of benzene rings is 1. The van der Waals surface area contributed by atoms with Gasteiger partial charge in [0, 0.05) is 18.3 Å². The Balaban J connectivity index is 2.08. The molecule has 0 spiro atoms. The molecule has 2 aromatic rings. The number of imidazole rings is 1. The first-order chi connectivity index (χ1) is 10.5. The zero-order valence-electron chi connectivity index (χ0n) is 12.9. The summed E-state index contributed by atoms with van der Waals surface area (Å²) in [6, 6.07) is 7.07. The van der Waals surface area contributed by atoms with Crippen molar-refractivity contribution in [3.63, 3.8) is 0 Å². The van der Waals surface area contributed by atoms with Gasteiger partial charge in [0.2, 0.25) is 0 Å². The second-order valence-corrected chi connectivity index (χ2v) is 5.95. The number of nitrogens with zero attached hydrogens (tertiary/aromatic N) is 2. The van der Waals surface area contributed by atoms with Crippen LogP contribution in [0.15, 0.2) is 36.8 Å². The van der Waals surface area contributed by atoms with E-state index in [2.05, 4.69) is 9.97 Å². The van der Waals surface area contributed by atoms with Crippen molar-refractivity contribution in [3.8, 4) is 5.75 Å². The monoisotopic (exact) mass is 321 g/mol. The smallest absolute Gasteiger partial charge is 0.264 e. The molecule has 0 aliphatic carbocycles. The number of nitrogens with one attached hydrogen (secondary N) is 1. The van der Waals surface area contributed by atoms with Crippen LogP contribution in [0, 0.1) is 5.92 Å². The largest absolute Gasteiger partial charge is 0.480 e. The molecule has 1 N–H and O–H groups in total. The summed E-state index contributed by atoms with van der Waals surface area (Å²) >= 11 is 5.96. The highest BCUT2D eigenvalue weighted by Gasteiger charge is 2.27. The Bertz CT molecular complexity index is 614. The van der Waals surface area contributed by atoms with Crippen molar-refractivity contribution in [2.24, 2.45) is 5.92 Å². The minimum Gasteiger partial charge on any atom is -0.480 e. The summed E-state index contributed by atoms with van der Waals surface area (Å²) in [5.74, 6) is 0.551. The van der Waals surface area contributed by atoms with Gasteiger partial charge in [-0.3, -0.25) is 4.79 Å². The fraction of sp³-hybridized carbons (Fsp3) is 0.375. The summed E-state index contributed by atoms with van der Waals surface area (Å²) in [5, 5.41) is 0.582. The Morgan fingerprint density at radius 3 is 2.82 bits per heavy atom. The molecular weight excluding hydrogens is 302 g/mol. The standard InChI is InChI=1S/C16H20ClN3O2/c1-11(2)15(22-14-6-4-5-12(17)7-14)16(21)20(3)9-13-8-18-10-19-13/h4-8,10-11,15H,9H2,1-3H3,(H,18,19)/t15-/m0/s1. The molecule has 1 heterocycles. The number of likely N-dealkylation sites (N-methyl/N-ethyl adjacent to an activating group) is 1. The van der Waals surface area contributed by atoms with Gasteiger partial charge in [-0.25, -0.2) is 4.98 Å². The second-order valence-electron chi connectivity index (χ2n) is 5.51. The van der Waals surface area contributed by atoms with Crippen molar-refractivity contribution >= 4 is 17.5 Å². The first-order valence-electron chi connectivity index (χ1n) is 7.12. The van der Waals surface area contributed by atoms with Gasteiger partial charge in [-0.15, -0.1) is 0 Å². The Hall–Kier alpha value is -2.01. The van der Waals surface area contributed by atoms with Crippen LogP contribution in [-0.2, 0) is 11.3 Å². The Morgan fingerprint density at radius 1 is 1.45 bits per heavy atom. The highest BCUT2D eigenvalue weighted by Crippen LogP contribution is 2.21. The predicted molar refractivity (Wildman–Crippen MR) is 85.8 cm³/mol. The quantitative estimate of drug-likeness (QED) is 0.889. The molecule has 0 saturated heterocycles. The third-order valence-corrected chi connectivity index (χ3v) is 3.48. The number of H-pyrrole nitrogens is 1. The molecule has 0 unspecified atom stereocenters. The molecule has 1 atom stereocenters. The summed E-state index contributed by atoms with van der Waals surface area (Å²) in [7, 11) is 1.75. The van der Waals surface area contributed by atoms with Crippen LogP contribution >= 0.6 is 11.6 Å². The van der Waals surface area contributed by atoms with Crippen molar-refractivity contribution in [2.45, 2.75) is 26.5 Å². The predicted octanol–water partition coefficient (Wildman–Crippen LogP) is 3.13. The summed E-state index contributed by atoms with van der Waals surface area (Å²) in [6.07, 6.45) is 2.73. The lowest BCUT2D eigenvalue weighted by Crippen LogP contribution is -2.42. The summed E-state index contributed by atoms with van der Waals surface area (Å²) < 4.78 is 5.86. The van der Waals surface area contributed by atoms with Crippen molar-refractivity contribution in [2.75, 3.05) is 7.05 Å². The highest BCUT2D eigenvalue weighted by molar-refractivity contribution is 6.30. The van der Waals surface area contributed by atoms with Crippen molar-refractivity contribution in [3.05, 3.63) is 47.5 Å². The van der Waals surface area contributed by atoms with Crippen LogP contribution in [0.4, 0.5) is 0 Å². The average Bonchev–Trinajstić information content (AvgIpc) is 2.96. The van der Waals surface area contributed by atoms with E-state index >= 15 is 0 Å². The normalized spacial score (nSPS) is 12.2. The number of ether oxygens (including phenoxy) is 1. The maximum atomic E-state index is 12.6. The fourth-order valence-corrected chi connectivity index (χ4v) is 2.26. The molecule has 22 heavy (non-hydrogen) atoms. The molecule has 0 saturated carbocycles. The number of carbonyl (C=O) groups excluding carboxylic acids is 1. The van der Waals surface area contributed by atoms with Crippen LogP contribution in [0.5, 0.6) is 5.75 Å². The zero-order chi connectivity index (χ0) is 16.1. The third kappa shape index (κ3) is 4.24. The van der Waals surface area contributed by atoms with E-state index in [0.29, 0.717) is 17.3 Å². The number of aromatic amines is 1. The van der Waals surface area contributed by atoms with Gasteiger partial charge in [-0.1, -0.05) is 31.5 Å². The van der Waals surface area contributed by atoms with Gasteiger partial charge in [-0.05, 0) is 24.1 Å². The molecule has 118 valence electrons. The number of hydrogen-bond acceptors (Lipinski definition) is 3. The van der Waals surface area contributed by atoms with E-state index < -0.39 is 6.10 Å². The zero-order valence-corrected chi connectivity index (χ0v) is 13.7. The number of carbonyl (C=O) groups is 1. The molecular formula is C16H20ClN3O2. The van der Waals surface area contributed by atoms with Gasteiger partial charge in [-0.2, -0.15) is 0 Å². The number of halogens is 1. The molecule has 1 aromatic carbocycles. The van der Waals surface area contributed by atoms with E-state index in [4.69, 9.17) is 16.3 Å². The molecule has 0 aliphatic rings. The minimum atomic E-state index is -0.564. The minimum absolute atomic E-state index is 0.0377. The van der Waals surface area contributed by atoms with Crippen molar-refractivity contribution < 1.29 is 9.53 Å². The molecule has 0 fully saturated rings. The van der Waals surface area contributed by atoms with E-state index in [1.165, 1.54) is 0 Å². The van der Waals surface area contributed by atoms with E-state index in [1.54, 1.807) is 48.7 Å². The lowest BCUT2D eigenvalue weighted by Gasteiger charge is -2.26. The number of hydrogen-bond donors (Lipinski definition) is 1. The summed E-state index contributed by atoms with van der Waals surface area (Å²) in [5.41, 5.74) is 0.876. The van der Waals surface area contributed by atoms with E-state index in [1.807, 2.05) is 13.8 Å². The Morgan fingerprint density at radius 2 is 2.23 bits per heavy atom. The van der Waals surface area contributed by atoms with Crippen LogP contribution < -0.4 is 4.74 Å². The maximum Gasteiger partial charge on any atom is 0.264 e. The van der Waals surface area contributed by atoms with E-state index in [9.17, 15) is 4.79 Å². The van der Waals surface area contributed by atoms with Crippen molar-refractivity contribution in [1.29, 1.82) is 0 Å². The SMILES string of the molecule is CC(C)[C@H](Oc1cccc(Cl)c1)C(=O)N(C)Cc1cnc[nH]1. The van der Waals surface area contributed by atoms with Gasteiger partial charge in [0.05, 0.1) is 18.6 Å². The van der Waals surface area contributed by atoms with Crippen LogP contribution in [-0.4, -0.2) is 33.9 Å². The molecule has 1 aromatic heterocycles. The fourth-order valence-electron chi connectivity index (χ4n) is 2.08. The first-order valence-corrected chi connectivity index (χ1v) is 7.49. The van der Waals surface area contributed by atoms with Crippen LogP contribution in [0.2, 0.25) is 5.02 Å². The molecule has 6 heteroatoms. The van der Waals surface area contributed by atoms with Gasteiger partial charge < -0.3 is 14.6 Å². The molecule has 5 nitrogen and oxygen atoms in total. The molecule has 0 bridgehead atoms. The van der Waals surface area contributed by atoms with Crippen LogP contribution in [0.25, 0.3) is 0 Å². The van der Waals surface area contributed by atoms with Gasteiger partial charge in [0.1, 0.15) is 5.75 Å². The van der Waals surface area contributed by atoms with E-state index in [0.717, 1.165) is 5.69 Å². The maximum absolute atomic E-state index is 12.6. The lowest BCUT2D eigenvalue weighted by atomic mass is 10.1. The molecule has 0 radical (unpaired) electrons. The lowest BCUT2D eigenvalue weighted by molar-refractivity contribution is -0.139.